The lowest BCUT2D eigenvalue weighted by Gasteiger charge is -2.06. The zero-order valence-corrected chi connectivity index (χ0v) is 9.20. The zero-order chi connectivity index (χ0) is 10.0. The molecule has 0 aliphatic carbocycles. The van der Waals surface area contributed by atoms with E-state index < -0.39 is 0 Å². The summed E-state index contributed by atoms with van der Waals surface area (Å²) in [6, 6.07) is 2.00. The van der Waals surface area contributed by atoms with Crippen molar-refractivity contribution in [2.24, 2.45) is 0 Å². The summed E-state index contributed by atoms with van der Waals surface area (Å²) < 4.78 is 5.10. The number of esters is 1. The quantitative estimate of drug-likeness (QED) is 0.683. The summed E-state index contributed by atoms with van der Waals surface area (Å²) in [4.78, 5) is 13.4. The van der Waals surface area contributed by atoms with Crippen LogP contribution in [0.3, 0.4) is 0 Å². The molecule has 72 valence electrons. The second-order valence-corrected chi connectivity index (χ2v) is 4.58. The SMILES string of the molecule is Cc1cc(C)c(C(=O)OC(C)C)s1. The Morgan fingerprint density at radius 3 is 2.46 bits per heavy atom. The van der Waals surface area contributed by atoms with Gasteiger partial charge in [-0.1, -0.05) is 0 Å². The Hall–Kier alpha value is -0.830. The molecule has 0 unspecified atom stereocenters. The van der Waals surface area contributed by atoms with Crippen LogP contribution in [0.1, 0.15) is 34.0 Å². The van der Waals surface area contributed by atoms with Crippen LogP contribution in [0, 0.1) is 13.8 Å². The molecule has 2 nitrogen and oxygen atoms in total. The number of thiophene rings is 1. The van der Waals surface area contributed by atoms with Gasteiger partial charge in [-0.3, -0.25) is 0 Å². The van der Waals surface area contributed by atoms with Crippen molar-refractivity contribution in [2.75, 3.05) is 0 Å². The van der Waals surface area contributed by atoms with Crippen LogP contribution in [-0.2, 0) is 4.74 Å². The molecule has 1 rings (SSSR count). The highest BCUT2D eigenvalue weighted by atomic mass is 32.1. The van der Waals surface area contributed by atoms with Crippen LogP contribution in [0.2, 0.25) is 0 Å². The summed E-state index contributed by atoms with van der Waals surface area (Å²) in [6.45, 7) is 7.63. The first-order valence-corrected chi connectivity index (χ1v) is 5.10. The van der Waals surface area contributed by atoms with E-state index in [1.54, 1.807) is 0 Å². The Balaban J connectivity index is 2.82. The first-order chi connectivity index (χ1) is 6.00. The molecule has 0 fully saturated rings. The molecule has 1 aromatic heterocycles. The monoisotopic (exact) mass is 198 g/mol. The number of carbonyl (C=O) groups is 1. The van der Waals surface area contributed by atoms with Gasteiger partial charge in [0.1, 0.15) is 4.88 Å². The Morgan fingerprint density at radius 2 is 2.08 bits per heavy atom. The fourth-order valence-corrected chi connectivity index (χ4v) is 2.02. The molecule has 1 aromatic rings. The molecule has 0 saturated heterocycles. The van der Waals surface area contributed by atoms with Crippen molar-refractivity contribution in [2.45, 2.75) is 33.8 Å². The third kappa shape index (κ3) is 2.56. The second kappa shape index (κ2) is 3.92. The summed E-state index contributed by atoms with van der Waals surface area (Å²) >= 11 is 1.49. The molecule has 3 heteroatoms. The first-order valence-electron chi connectivity index (χ1n) is 4.28. The molecular weight excluding hydrogens is 184 g/mol. The molecule has 0 amide bonds. The van der Waals surface area contributed by atoms with Gasteiger partial charge in [0.25, 0.3) is 0 Å². The van der Waals surface area contributed by atoms with Crippen LogP contribution < -0.4 is 0 Å². The zero-order valence-electron chi connectivity index (χ0n) is 8.38. The molecule has 0 radical (unpaired) electrons. The third-order valence-electron chi connectivity index (χ3n) is 1.57. The van der Waals surface area contributed by atoms with E-state index in [2.05, 4.69) is 0 Å². The number of hydrogen-bond acceptors (Lipinski definition) is 3. The van der Waals surface area contributed by atoms with Crippen molar-refractivity contribution < 1.29 is 9.53 Å². The predicted octanol–water partition coefficient (Wildman–Crippen LogP) is 2.93. The molecule has 13 heavy (non-hydrogen) atoms. The third-order valence-corrected chi connectivity index (χ3v) is 2.70. The number of ether oxygens (including phenoxy) is 1. The Kier molecular flexibility index (Phi) is 3.09. The summed E-state index contributed by atoms with van der Waals surface area (Å²) in [7, 11) is 0. The molecular formula is C10H14O2S. The lowest BCUT2D eigenvalue weighted by molar-refractivity contribution is 0.0383. The van der Waals surface area contributed by atoms with Gasteiger partial charge < -0.3 is 4.74 Å². The standard InChI is InChI=1S/C10H14O2S/c1-6(2)12-10(11)9-7(3)5-8(4)13-9/h5-6H,1-4H3. The minimum Gasteiger partial charge on any atom is -0.459 e. The topological polar surface area (TPSA) is 26.3 Å². The predicted molar refractivity (Wildman–Crippen MR) is 54.3 cm³/mol. The van der Waals surface area contributed by atoms with Gasteiger partial charge in [-0.2, -0.15) is 0 Å². The van der Waals surface area contributed by atoms with Crippen molar-refractivity contribution >= 4 is 17.3 Å². The summed E-state index contributed by atoms with van der Waals surface area (Å²) in [5, 5.41) is 0. The number of rotatable bonds is 2. The van der Waals surface area contributed by atoms with Gasteiger partial charge in [-0.05, 0) is 39.3 Å². The van der Waals surface area contributed by atoms with Crippen molar-refractivity contribution in [1.29, 1.82) is 0 Å². The van der Waals surface area contributed by atoms with Gasteiger partial charge in [0.2, 0.25) is 0 Å². The summed E-state index contributed by atoms with van der Waals surface area (Å²) in [5.74, 6) is -0.203. The van der Waals surface area contributed by atoms with E-state index in [-0.39, 0.29) is 12.1 Å². The van der Waals surface area contributed by atoms with Crippen LogP contribution in [0.4, 0.5) is 0 Å². The average Bonchev–Trinajstić information content (AvgIpc) is 2.28. The van der Waals surface area contributed by atoms with Gasteiger partial charge in [-0.15, -0.1) is 11.3 Å². The smallest absolute Gasteiger partial charge is 0.348 e. The van der Waals surface area contributed by atoms with E-state index in [0.29, 0.717) is 0 Å². The molecule has 0 saturated carbocycles. The molecule has 0 atom stereocenters. The summed E-state index contributed by atoms with van der Waals surface area (Å²) in [6.07, 6.45) is -0.0469. The molecule has 1 heterocycles. The molecule has 0 aromatic carbocycles. The maximum absolute atomic E-state index is 11.5. The Morgan fingerprint density at radius 1 is 1.46 bits per heavy atom. The molecule has 0 aliphatic rings. The molecule has 0 spiro atoms. The lowest BCUT2D eigenvalue weighted by Crippen LogP contribution is -2.10. The number of hydrogen-bond donors (Lipinski definition) is 0. The van der Waals surface area contributed by atoms with Crippen LogP contribution in [0.5, 0.6) is 0 Å². The van der Waals surface area contributed by atoms with E-state index in [1.807, 2.05) is 33.8 Å². The van der Waals surface area contributed by atoms with Crippen LogP contribution in [-0.4, -0.2) is 12.1 Å². The maximum atomic E-state index is 11.5. The highest BCUT2D eigenvalue weighted by Gasteiger charge is 2.14. The van der Waals surface area contributed by atoms with Crippen LogP contribution >= 0.6 is 11.3 Å². The number of carbonyl (C=O) groups excluding carboxylic acids is 1. The maximum Gasteiger partial charge on any atom is 0.348 e. The van der Waals surface area contributed by atoms with E-state index in [9.17, 15) is 4.79 Å². The normalized spacial score (nSPS) is 10.5. The minimum absolute atomic E-state index is 0.0469. The Bertz CT molecular complexity index is 313. The molecule has 0 N–H and O–H groups in total. The lowest BCUT2D eigenvalue weighted by atomic mass is 10.3. The van der Waals surface area contributed by atoms with Crippen molar-refractivity contribution in [3.8, 4) is 0 Å². The second-order valence-electron chi connectivity index (χ2n) is 3.32. The highest BCUT2D eigenvalue weighted by Crippen LogP contribution is 2.22. The van der Waals surface area contributed by atoms with E-state index in [0.717, 1.165) is 15.3 Å². The largest absolute Gasteiger partial charge is 0.459 e. The van der Waals surface area contributed by atoms with Crippen molar-refractivity contribution in [3.05, 3.63) is 21.4 Å². The summed E-state index contributed by atoms with van der Waals surface area (Å²) in [5.41, 5.74) is 1.01. The van der Waals surface area contributed by atoms with Gasteiger partial charge in [-0.25, -0.2) is 4.79 Å². The van der Waals surface area contributed by atoms with Gasteiger partial charge in [0.15, 0.2) is 0 Å². The van der Waals surface area contributed by atoms with Crippen molar-refractivity contribution in [3.63, 3.8) is 0 Å². The van der Waals surface area contributed by atoms with Crippen LogP contribution in [0.25, 0.3) is 0 Å². The minimum atomic E-state index is -0.203. The molecule has 0 aliphatic heterocycles. The van der Waals surface area contributed by atoms with E-state index in [4.69, 9.17) is 4.74 Å². The Labute approximate surface area is 82.5 Å². The fraction of sp³-hybridized carbons (Fsp3) is 0.500. The van der Waals surface area contributed by atoms with Crippen molar-refractivity contribution in [1.82, 2.24) is 0 Å². The highest BCUT2D eigenvalue weighted by molar-refractivity contribution is 7.14. The molecule has 0 bridgehead atoms. The van der Waals surface area contributed by atoms with Crippen LogP contribution in [0.15, 0.2) is 6.07 Å². The number of aryl methyl sites for hydroxylation is 2. The van der Waals surface area contributed by atoms with Gasteiger partial charge in [0.05, 0.1) is 6.10 Å². The van der Waals surface area contributed by atoms with Gasteiger partial charge >= 0.3 is 5.97 Å². The fourth-order valence-electron chi connectivity index (χ4n) is 1.11. The van der Waals surface area contributed by atoms with E-state index >= 15 is 0 Å². The first kappa shape index (κ1) is 10.3. The average molecular weight is 198 g/mol. The van der Waals surface area contributed by atoms with E-state index in [1.165, 1.54) is 11.3 Å². The van der Waals surface area contributed by atoms with Gasteiger partial charge in [0, 0.05) is 4.88 Å².